The molecule has 0 aliphatic carbocycles. The third-order valence-electron chi connectivity index (χ3n) is 4.04. The van der Waals surface area contributed by atoms with E-state index >= 15 is 0 Å². The summed E-state index contributed by atoms with van der Waals surface area (Å²) in [5, 5.41) is 2.82. The van der Waals surface area contributed by atoms with Gasteiger partial charge in [0.05, 0.1) is 7.11 Å². The van der Waals surface area contributed by atoms with Gasteiger partial charge in [-0.15, -0.1) is 0 Å². The summed E-state index contributed by atoms with van der Waals surface area (Å²) in [6.45, 7) is 3.91. The summed E-state index contributed by atoms with van der Waals surface area (Å²) in [6.07, 6.45) is 2.91. The Labute approximate surface area is 153 Å². The fourth-order valence-corrected chi connectivity index (χ4v) is 3.28. The van der Waals surface area contributed by atoms with Gasteiger partial charge in [0.1, 0.15) is 10.6 Å². The Morgan fingerprint density at radius 2 is 1.88 bits per heavy atom. The Hall–Kier alpha value is -2.64. The van der Waals surface area contributed by atoms with E-state index in [0.29, 0.717) is 5.56 Å². The zero-order valence-electron chi connectivity index (χ0n) is 15.2. The Morgan fingerprint density at radius 3 is 2.54 bits per heavy atom. The lowest BCUT2D eigenvalue weighted by Crippen LogP contribution is -2.19. The first-order chi connectivity index (χ1) is 12.3. The number of amides is 1. The quantitative estimate of drug-likeness (QED) is 0.762. The Kier molecular flexibility index (Phi) is 6.18. The number of ether oxygens (including phenoxy) is 1. The lowest BCUT2D eigenvalue weighted by atomic mass is 10.1. The maximum atomic E-state index is 12.2. The molecule has 0 aliphatic heterocycles. The van der Waals surface area contributed by atoms with Gasteiger partial charge >= 0.3 is 0 Å². The number of hydrogen-bond acceptors (Lipinski definition) is 4. The van der Waals surface area contributed by atoms with Gasteiger partial charge in [-0.1, -0.05) is 18.2 Å². The predicted molar refractivity (Wildman–Crippen MR) is 103 cm³/mol. The molecule has 2 aromatic rings. The highest BCUT2D eigenvalue weighted by molar-refractivity contribution is 7.89. The second kappa shape index (κ2) is 8.16. The van der Waals surface area contributed by atoms with Crippen LogP contribution in [0.1, 0.15) is 16.7 Å². The SMILES string of the molecule is CNS(=O)(=O)c1cc(/C=C/C(=O)Nc2cccc(C)c2C)ccc1OC. The van der Waals surface area contributed by atoms with E-state index in [9.17, 15) is 13.2 Å². The van der Waals surface area contributed by atoms with Crippen LogP contribution in [0.25, 0.3) is 6.08 Å². The van der Waals surface area contributed by atoms with E-state index in [0.717, 1.165) is 16.8 Å². The molecule has 2 N–H and O–H groups in total. The van der Waals surface area contributed by atoms with Gasteiger partial charge in [0.15, 0.2) is 0 Å². The summed E-state index contributed by atoms with van der Waals surface area (Å²) in [4.78, 5) is 12.2. The molecule has 1 amide bonds. The number of carbonyl (C=O) groups excluding carboxylic acids is 1. The van der Waals surface area contributed by atoms with Gasteiger partial charge in [-0.05, 0) is 61.9 Å². The van der Waals surface area contributed by atoms with E-state index in [4.69, 9.17) is 4.74 Å². The lowest BCUT2D eigenvalue weighted by molar-refractivity contribution is -0.111. The number of carbonyl (C=O) groups is 1. The zero-order chi connectivity index (χ0) is 19.3. The number of hydrogen-bond donors (Lipinski definition) is 2. The van der Waals surface area contributed by atoms with Gasteiger partial charge in [0.25, 0.3) is 0 Å². The summed E-state index contributed by atoms with van der Waals surface area (Å²) in [5.74, 6) is -0.0659. The van der Waals surface area contributed by atoms with Crippen molar-refractivity contribution in [3.63, 3.8) is 0 Å². The molecular formula is C19H22N2O4S. The lowest BCUT2D eigenvalue weighted by Gasteiger charge is -2.10. The molecule has 0 heterocycles. The zero-order valence-corrected chi connectivity index (χ0v) is 16.0. The monoisotopic (exact) mass is 374 g/mol. The summed E-state index contributed by atoms with van der Waals surface area (Å²) in [7, 11) is -0.942. The minimum atomic E-state index is -3.67. The van der Waals surface area contributed by atoms with Crippen molar-refractivity contribution >= 4 is 27.7 Å². The molecule has 0 aliphatic rings. The Bertz CT molecular complexity index is 950. The third-order valence-corrected chi connectivity index (χ3v) is 5.47. The van der Waals surface area contributed by atoms with Gasteiger partial charge in [-0.3, -0.25) is 4.79 Å². The van der Waals surface area contributed by atoms with E-state index in [2.05, 4.69) is 10.0 Å². The highest BCUT2D eigenvalue weighted by Gasteiger charge is 2.17. The minimum Gasteiger partial charge on any atom is -0.495 e. The van der Waals surface area contributed by atoms with E-state index in [1.54, 1.807) is 18.2 Å². The van der Waals surface area contributed by atoms with E-state index in [-0.39, 0.29) is 16.6 Å². The second-order valence-corrected chi connectivity index (χ2v) is 7.54. The molecule has 0 fully saturated rings. The van der Waals surface area contributed by atoms with Gasteiger partial charge in [0.2, 0.25) is 15.9 Å². The van der Waals surface area contributed by atoms with Crippen molar-refractivity contribution in [2.75, 3.05) is 19.5 Å². The van der Waals surface area contributed by atoms with Crippen LogP contribution < -0.4 is 14.8 Å². The van der Waals surface area contributed by atoms with Crippen LogP contribution in [-0.2, 0) is 14.8 Å². The fourth-order valence-electron chi connectivity index (χ4n) is 2.35. The standard InChI is InChI=1S/C19H22N2O4S/c1-13-6-5-7-16(14(13)2)21-19(22)11-9-15-8-10-17(25-4)18(12-15)26(23,24)20-3/h5-12,20H,1-4H3,(H,21,22)/b11-9+. The molecule has 0 spiro atoms. The summed E-state index contributed by atoms with van der Waals surface area (Å²) in [5.41, 5.74) is 3.40. The van der Waals surface area contributed by atoms with E-state index < -0.39 is 10.0 Å². The number of rotatable bonds is 6. The van der Waals surface area contributed by atoms with Gasteiger partial charge < -0.3 is 10.1 Å². The number of methoxy groups -OCH3 is 1. The second-order valence-electron chi connectivity index (χ2n) is 5.69. The molecule has 7 heteroatoms. The van der Waals surface area contributed by atoms with E-state index in [1.165, 1.54) is 26.3 Å². The first-order valence-corrected chi connectivity index (χ1v) is 9.43. The highest BCUT2D eigenvalue weighted by Crippen LogP contribution is 2.25. The first-order valence-electron chi connectivity index (χ1n) is 7.95. The minimum absolute atomic E-state index is 0.0135. The maximum absolute atomic E-state index is 12.2. The summed E-state index contributed by atoms with van der Waals surface area (Å²) in [6, 6.07) is 10.4. The molecule has 0 radical (unpaired) electrons. The largest absolute Gasteiger partial charge is 0.495 e. The molecule has 0 atom stereocenters. The molecule has 6 nitrogen and oxygen atoms in total. The normalized spacial score (nSPS) is 11.5. The average molecular weight is 374 g/mol. The Balaban J connectivity index is 2.23. The van der Waals surface area contributed by atoms with Crippen molar-refractivity contribution in [3.05, 3.63) is 59.2 Å². The van der Waals surface area contributed by atoms with Crippen LogP contribution >= 0.6 is 0 Å². The molecular weight excluding hydrogens is 352 g/mol. The molecule has 0 aromatic heterocycles. The fraction of sp³-hybridized carbons (Fsp3) is 0.211. The molecule has 0 saturated carbocycles. The molecule has 26 heavy (non-hydrogen) atoms. The topological polar surface area (TPSA) is 84.5 Å². The number of aryl methyl sites for hydroxylation is 1. The molecule has 138 valence electrons. The highest BCUT2D eigenvalue weighted by atomic mass is 32.2. The van der Waals surface area contributed by atoms with Crippen LogP contribution in [0.15, 0.2) is 47.4 Å². The first kappa shape index (κ1) is 19.7. The predicted octanol–water partition coefficient (Wildman–Crippen LogP) is 2.87. The van der Waals surface area contributed by atoms with Crippen molar-refractivity contribution in [1.29, 1.82) is 0 Å². The molecule has 0 unspecified atom stereocenters. The maximum Gasteiger partial charge on any atom is 0.248 e. The van der Waals surface area contributed by atoms with Crippen LogP contribution in [0.3, 0.4) is 0 Å². The number of anilines is 1. The molecule has 0 bridgehead atoms. The van der Waals surface area contributed by atoms with Crippen molar-refractivity contribution in [1.82, 2.24) is 4.72 Å². The number of benzene rings is 2. The third kappa shape index (κ3) is 4.50. The van der Waals surface area contributed by atoms with Crippen LogP contribution in [-0.4, -0.2) is 28.5 Å². The van der Waals surface area contributed by atoms with Crippen molar-refractivity contribution < 1.29 is 17.9 Å². The summed E-state index contributed by atoms with van der Waals surface area (Å²) >= 11 is 0. The summed E-state index contributed by atoms with van der Waals surface area (Å²) < 4.78 is 31.5. The van der Waals surface area contributed by atoms with E-state index in [1.807, 2.05) is 32.0 Å². The average Bonchev–Trinajstić information content (AvgIpc) is 2.63. The van der Waals surface area contributed by atoms with Crippen molar-refractivity contribution in [2.45, 2.75) is 18.7 Å². The van der Waals surface area contributed by atoms with Crippen LogP contribution in [0.2, 0.25) is 0 Å². The van der Waals surface area contributed by atoms with Gasteiger partial charge in [-0.25, -0.2) is 13.1 Å². The van der Waals surface area contributed by atoms with Crippen LogP contribution in [0.4, 0.5) is 5.69 Å². The Morgan fingerprint density at radius 1 is 1.15 bits per heavy atom. The number of sulfonamides is 1. The van der Waals surface area contributed by atoms with Crippen LogP contribution in [0, 0.1) is 13.8 Å². The molecule has 0 saturated heterocycles. The van der Waals surface area contributed by atoms with Gasteiger partial charge in [-0.2, -0.15) is 0 Å². The van der Waals surface area contributed by atoms with Gasteiger partial charge in [0, 0.05) is 11.8 Å². The van der Waals surface area contributed by atoms with Crippen molar-refractivity contribution in [3.8, 4) is 5.75 Å². The van der Waals surface area contributed by atoms with Crippen LogP contribution in [0.5, 0.6) is 5.75 Å². The molecule has 2 aromatic carbocycles. The van der Waals surface area contributed by atoms with Crippen molar-refractivity contribution in [2.24, 2.45) is 0 Å². The smallest absolute Gasteiger partial charge is 0.248 e. The molecule has 2 rings (SSSR count). The number of nitrogens with one attached hydrogen (secondary N) is 2.